The summed E-state index contributed by atoms with van der Waals surface area (Å²) in [5.74, 6) is 1.08. The standard InChI is InChI=1S/C10H17NO2/c1-10(2)4-6-5-11-8(7(6)10)9(12)13-3/h6-8,11H,4-5H2,1-3H3. The predicted octanol–water partition coefficient (Wildman–Crippen LogP) is 0.793. The molecule has 13 heavy (non-hydrogen) atoms. The van der Waals surface area contributed by atoms with Gasteiger partial charge in [-0.25, -0.2) is 0 Å². The second kappa shape index (κ2) is 2.71. The molecule has 3 atom stereocenters. The van der Waals surface area contributed by atoms with Gasteiger partial charge in [-0.2, -0.15) is 0 Å². The number of esters is 1. The lowest BCUT2D eigenvalue weighted by molar-refractivity contribution is -0.147. The van der Waals surface area contributed by atoms with Crippen LogP contribution in [0.3, 0.4) is 0 Å². The van der Waals surface area contributed by atoms with Crippen molar-refractivity contribution in [3.8, 4) is 0 Å². The average molecular weight is 183 g/mol. The van der Waals surface area contributed by atoms with Crippen LogP contribution >= 0.6 is 0 Å². The predicted molar refractivity (Wildman–Crippen MR) is 49.2 cm³/mol. The van der Waals surface area contributed by atoms with Crippen molar-refractivity contribution in [3.63, 3.8) is 0 Å². The number of carbonyl (C=O) groups is 1. The Morgan fingerprint density at radius 2 is 2.23 bits per heavy atom. The maximum Gasteiger partial charge on any atom is 0.323 e. The molecule has 0 aromatic heterocycles. The summed E-state index contributed by atoms with van der Waals surface area (Å²) in [6.07, 6.45) is 1.23. The molecule has 0 radical (unpaired) electrons. The highest BCUT2D eigenvalue weighted by Crippen LogP contribution is 2.54. The number of hydrogen-bond donors (Lipinski definition) is 1. The van der Waals surface area contributed by atoms with E-state index in [-0.39, 0.29) is 12.0 Å². The van der Waals surface area contributed by atoms with Gasteiger partial charge in [-0.05, 0) is 30.2 Å². The SMILES string of the molecule is COC(=O)C1NCC2CC(C)(C)C21. The highest BCUT2D eigenvalue weighted by Gasteiger charge is 2.56. The fraction of sp³-hybridized carbons (Fsp3) is 0.900. The summed E-state index contributed by atoms with van der Waals surface area (Å²) in [5.41, 5.74) is 0.313. The van der Waals surface area contributed by atoms with Gasteiger partial charge in [0.05, 0.1) is 7.11 Å². The number of ether oxygens (including phenoxy) is 1. The zero-order chi connectivity index (χ0) is 9.64. The van der Waals surface area contributed by atoms with Gasteiger partial charge in [-0.1, -0.05) is 13.8 Å². The Morgan fingerprint density at radius 3 is 2.77 bits per heavy atom. The number of hydrogen-bond acceptors (Lipinski definition) is 3. The molecule has 2 aliphatic rings. The van der Waals surface area contributed by atoms with Crippen LogP contribution < -0.4 is 5.32 Å². The van der Waals surface area contributed by atoms with Crippen LogP contribution in [0.15, 0.2) is 0 Å². The molecule has 1 aliphatic heterocycles. The van der Waals surface area contributed by atoms with Gasteiger partial charge >= 0.3 is 5.97 Å². The number of nitrogens with one attached hydrogen (secondary N) is 1. The van der Waals surface area contributed by atoms with Crippen LogP contribution in [-0.2, 0) is 9.53 Å². The second-order valence-electron chi connectivity index (χ2n) is 4.89. The summed E-state index contributed by atoms with van der Waals surface area (Å²) >= 11 is 0. The minimum absolute atomic E-state index is 0.0567. The molecule has 74 valence electrons. The van der Waals surface area contributed by atoms with E-state index < -0.39 is 0 Å². The van der Waals surface area contributed by atoms with E-state index >= 15 is 0 Å². The minimum atomic E-state index is -0.0970. The Morgan fingerprint density at radius 1 is 1.54 bits per heavy atom. The molecule has 1 aliphatic carbocycles. The summed E-state index contributed by atoms with van der Waals surface area (Å²) in [4.78, 5) is 11.4. The molecule has 0 aromatic carbocycles. The van der Waals surface area contributed by atoms with E-state index in [2.05, 4.69) is 19.2 Å². The first-order valence-corrected chi connectivity index (χ1v) is 4.87. The summed E-state index contributed by atoms with van der Waals surface area (Å²) < 4.78 is 4.78. The van der Waals surface area contributed by atoms with E-state index in [4.69, 9.17) is 4.74 Å². The van der Waals surface area contributed by atoms with Gasteiger partial charge in [0.15, 0.2) is 0 Å². The third-order valence-corrected chi connectivity index (χ3v) is 3.61. The zero-order valence-corrected chi connectivity index (χ0v) is 8.46. The molecule has 2 fully saturated rings. The van der Waals surface area contributed by atoms with E-state index in [0.717, 1.165) is 6.54 Å². The molecule has 3 nitrogen and oxygen atoms in total. The van der Waals surface area contributed by atoms with Crippen LogP contribution in [-0.4, -0.2) is 25.7 Å². The lowest BCUT2D eigenvalue weighted by atomic mass is 9.55. The fourth-order valence-corrected chi connectivity index (χ4v) is 3.10. The maximum absolute atomic E-state index is 11.4. The highest BCUT2D eigenvalue weighted by atomic mass is 16.5. The third kappa shape index (κ3) is 1.17. The van der Waals surface area contributed by atoms with Gasteiger partial charge in [-0.15, -0.1) is 0 Å². The monoisotopic (exact) mass is 183 g/mol. The average Bonchev–Trinajstić information content (AvgIpc) is 2.42. The maximum atomic E-state index is 11.4. The number of methoxy groups -OCH3 is 1. The van der Waals surface area contributed by atoms with Crippen molar-refractivity contribution in [1.82, 2.24) is 5.32 Å². The lowest BCUT2D eigenvalue weighted by Gasteiger charge is -2.49. The smallest absolute Gasteiger partial charge is 0.323 e. The van der Waals surface area contributed by atoms with Gasteiger partial charge in [0.2, 0.25) is 0 Å². The van der Waals surface area contributed by atoms with Crippen molar-refractivity contribution in [2.45, 2.75) is 26.3 Å². The van der Waals surface area contributed by atoms with Crippen molar-refractivity contribution >= 4 is 5.97 Å². The number of carbonyl (C=O) groups excluding carboxylic acids is 1. The van der Waals surface area contributed by atoms with E-state index in [0.29, 0.717) is 17.3 Å². The Balaban J connectivity index is 2.11. The van der Waals surface area contributed by atoms with Crippen molar-refractivity contribution in [1.29, 1.82) is 0 Å². The molecule has 0 spiro atoms. The zero-order valence-electron chi connectivity index (χ0n) is 8.46. The summed E-state index contributed by atoms with van der Waals surface area (Å²) in [5, 5.41) is 3.25. The Hall–Kier alpha value is -0.570. The van der Waals surface area contributed by atoms with Crippen LogP contribution in [0, 0.1) is 17.3 Å². The molecule has 3 unspecified atom stereocenters. The lowest BCUT2D eigenvalue weighted by Crippen LogP contribution is -2.50. The largest absolute Gasteiger partial charge is 0.468 e. The van der Waals surface area contributed by atoms with E-state index in [1.807, 2.05) is 0 Å². The second-order valence-corrected chi connectivity index (χ2v) is 4.89. The van der Waals surface area contributed by atoms with Gasteiger partial charge in [0, 0.05) is 0 Å². The van der Waals surface area contributed by atoms with Crippen LogP contribution in [0.4, 0.5) is 0 Å². The van der Waals surface area contributed by atoms with Crippen LogP contribution in [0.1, 0.15) is 20.3 Å². The third-order valence-electron chi connectivity index (χ3n) is 3.61. The number of rotatable bonds is 1. The van der Waals surface area contributed by atoms with Crippen molar-refractivity contribution in [2.24, 2.45) is 17.3 Å². The molecule has 1 N–H and O–H groups in total. The van der Waals surface area contributed by atoms with Gasteiger partial charge < -0.3 is 10.1 Å². The molecule has 0 amide bonds. The Labute approximate surface area is 78.8 Å². The first-order chi connectivity index (χ1) is 6.06. The minimum Gasteiger partial charge on any atom is -0.468 e. The van der Waals surface area contributed by atoms with Crippen LogP contribution in [0.2, 0.25) is 0 Å². The topological polar surface area (TPSA) is 38.3 Å². The quantitative estimate of drug-likeness (QED) is 0.611. The van der Waals surface area contributed by atoms with Crippen molar-refractivity contribution in [3.05, 3.63) is 0 Å². The first-order valence-electron chi connectivity index (χ1n) is 4.87. The first kappa shape index (κ1) is 9.00. The fourth-order valence-electron chi connectivity index (χ4n) is 3.10. The van der Waals surface area contributed by atoms with Crippen LogP contribution in [0.25, 0.3) is 0 Å². The van der Waals surface area contributed by atoms with Crippen LogP contribution in [0.5, 0.6) is 0 Å². The Bertz CT molecular complexity index is 237. The molecular weight excluding hydrogens is 166 g/mol. The van der Waals surface area contributed by atoms with Gasteiger partial charge in [0.25, 0.3) is 0 Å². The van der Waals surface area contributed by atoms with E-state index in [1.54, 1.807) is 0 Å². The highest BCUT2D eigenvalue weighted by molar-refractivity contribution is 5.77. The molecule has 1 saturated carbocycles. The summed E-state index contributed by atoms with van der Waals surface area (Å²) in [7, 11) is 1.46. The molecule has 2 rings (SSSR count). The Kier molecular flexibility index (Phi) is 1.88. The number of fused-ring (bicyclic) bond motifs is 1. The molecular formula is C10H17NO2. The molecule has 3 heteroatoms. The normalized spacial score (nSPS) is 40.7. The molecule has 1 saturated heterocycles. The van der Waals surface area contributed by atoms with Gasteiger partial charge in [0.1, 0.15) is 6.04 Å². The summed E-state index contributed by atoms with van der Waals surface area (Å²) in [6.45, 7) is 5.45. The van der Waals surface area contributed by atoms with Crippen molar-refractivity contribution < 1.29 is 9.53 Å². The van der Waals surface area contributed by atoms with Gasteiger partial charge in [-0.3, -0.25) is 4.79 Å². The molecule has 0 aromatic rings. The van der Waals surface area contributed by atoms with E-state index in [1.165, 1.54) is 13.5 Å². The van der Waals surface area contributed by atoms with Crippen molar-refractivity contribution in [2.75, 3.05) is 13.7 Å². The molecule has 0 bridgehead atoms. The van der Waals surface area contributed by atoms with E-state index in [9.17, 15) is 4.79 Å². The summed E-state index contributed by atoms with van der Waals surface area (Å²) in [6, 6.07) is -0.0567. The molecule has 1 heterocycles.